The second kappa shape index (κ2) is 8.60. The molecule has 1 aromatic carbocycles. The SMILES string of the molecule is CCN(CC(=O)NC(C)C)C(=O)c1ccc(CN2C(=O)CCC2=O)cc1. The molecule has 0 aliphatic carbocycles. The van der Waals surface area contributed by atoms with Crippen LogP contribution in [0.25, 0.3) is 0 Å². The third kappa shape index (κ3) is 4.91. The van der Waals surface area contributed by atoms with E-state index in [9.17, 15) is 19.2 Å². The molecular weight excluding hydrogens is 334 g/mol. The van der Waals surface area contributed by atoms with Crippen LogP contribution in [0.15, 0.2) is 24.3 Å². The molecule has 0 atom stereocenters. The van der Waals surface area contributed by atoms with Crippen molar-refractivity contribution < 1.29 is 19.2 Å². The first-order valence-electron chi connectivity index (χ1n) is 8.82. The minimum atomic E-state index is -0.230. The number of likely N-dealkylation sites (N-methyl/N-ethyl adjacent to an activating group) is 1. The third-order valence-corrected chi connectivity index (χ3v) is 4.15. The van der Waals surface area contributed by atoms with Crippen LogP contribution in [0.2, 0.25) is 0 Å². The monoisotopic (exact) mass is 359 g/mol. The summed E-state index contributed by atoms with van der Waals surface area (Å²) in [6, 6.07) is 6.80. The molecule has 0 aromatic heterocycles. The standard InChI is InChI=1S/C19H25N3O4/c1-4-21(12-16(23)20-13(2)3)19(26)15-7-5-14(6-8-15)11-22-17(24)9-10-18(22)25/h5-8,13H,4,9-12H2,1-3H3,(H,20,23). The number of hydrogen-bond acceptors (Lipinski definition) is 4. The zero-order valence-electron chi connectivity index (χ0n) is 15.4. The first-order chi connectivity index (χ1) is 12.3. The Bertz CT molecular complexity index is 681. The van der Waals surface area contributed by atoms with Crippen molar-refractivity contribution in [3.8, 4) is 0 Å². The van der Waals surface area contributed by atoms with Crippen molar-refractivity contribution in [1.82, 2.24) is 15.1 Å². The van der Waals surface area contributed by atoms with Gasteiger partial charge in [-0.05, 0) is 38.5 Å². The lowest BCUT2D eigenvalue weighted by Gasteiger charge is -2.21. The highest BCUT2D eigenvalue weighted by Crippen LogP contribution is 2.16. The number of nitrogens with zero attached hydrogens (tertiary/aromatic N) is 2. The maximum atomic E-state index is 12.6. The molecular formula is C19H25N3O4. The molecule has 1 N–H and O–H groups in total. The van der Waals surface area contributed by atoms with E-state index in [1.54, 1.807) is 24.3 Å². The zero-order valence-corrected chi connectivity index (χ0v) is 15.4. The van der Waals surface area contributed by atoms with Gasteiger partial charge >= 0.3 is 0 Å². The van der Waals surface area contributed by atoms with Gasteiger partial charge in [0.05, 0.1) is 13.1 Å². The first kappa shape index (κ1) is 19.6. The molecule has 0 spiro atoms. The Morgan fingerprint density at radius 3 is 2.19 bits per heavy atom. The Morgan fingerprint density at radius 1 is 1.12 bits per heavy atom. The van der Waals surface area contributed by atoms with Crippen LogP contribution in [0.3, 0.4) is 0 Å². The van der Waals surface area contributed by atoms with Crippen molar-refractivity contribution in [1.29, 1.82) is 0 Å². The van der Waals surface area contributed by atoms with Crippen molar-refractivity contribution in [3.63, 3.8) is 0 Å². The minimum absolute atomic E-state index is 0.00600. The molecule has 4 amide bonds. The van der Waals surface area contributed by atoms with Gasteiger partial charge < -0.3 is 10.2 Å². The number of amides is 4. The number of rotatable bonds is 7. The highest BCUT2D eigenvalue weighted by atomic mass is 16.2. The summed E-state index contributed by atoms with van der Waals surface area (Å²) in [5, 5.41) is 2.77. The van der Waals surface area contributed by atoms with E-state index in [0.29, 0.717) is 12.1 Å². The molecule has 26 heavy (non-hydrogen) atoms. The van der Waals surface area contributed by atoms with Crippen molar-refractivity contribution in [2.75, 3.05) is 13.1 Å². The number of carbonyl (C=O) groups excluding carboxylic acids is 4. The molecule has 7 nitrogen and oxygen atoms in total. The van der Waals surface area contributed by atoms with E-state index in [2.05, 4.69) is 5.32 Å². The Balaban J connectivity index is 2.01. The van der Waals surface area contributed by atoms with Gasteiger partial charge in [-0.3, -0.25) is 24.1 Å². The number of carbonyl (C=O) groups is 4. The first-order valence-corrected chi connectivity index (χ1v) is 8.82. The Kier molecular flexibility index (Phi) is 6.49. The lowest BCUT2D eigenvalue weighted by atomic mass is 10.1. The predicted octanol–water partition coefficient (Wildman–Crippen LogP) is 1.32. The molecule has 0 radical (unpaired) electrons. The highest BCUT2D eigenvalue weighted by Gasteiger charge is 2.28. The minimum Gasteiger partial charge on any atom is -0.352 e. The van der Waals surface area contributed by atoms with E-state index in [1.165, 1.54) is 9.80 Å². The summed E-state index contributed by atoms with van der Waals surface area (Å²) >= 11 is 0. The quantitative estimate of drug-likeness (QED) is 0.744. The summed E-state index contributed by atoms with van der Waals surface area (Å²) in [5.41, 5.74) is 1.25. The average molecular weight is 359 g/mol. The van der Waals surface area contributed by atoms with Gasteiger partial charge in [0.1, 0.15) is 0 Å². The van der Waals surface area contributed by atoms with E-state index >= 15 is 0 Å². The van der Waals surface area contributed by atoms with Gasteiger partial charge in [-0.2, -0.15) is 0 Å². The van der Waals surface area contributed by atoms with Crippen molar-refractivity contribution in [2.24, 2.45) is 0 Å². The topological polar surface area (TPSA) is 86.8 Å². The second-order valence-corrected chi connectivity index (χ2v) is 6.61. The number of likely N-dealkylation sites (tertiary alicyclic amines) is 1. The number of imide groups is 1. The van der Waals surface area contributed by atoms with Crippen LogP contribution < -0.4 is 5.32 Å². The molecule has 0 saturated carbocycles. The molecule has 2 rings (SSSR count). The van der Waals surface area contributed by atoms with Gasteiger partial charge in [-0.25, -0.2) is 0 Å². The van der Waals surface area contributed by atoms with E-state index in [-0.39, 0.29) is 55.6 Å². The van der Waals surface area contributed by atoms with Crippen LogP contribution in [-0.4, -0.2) is 52.6 Å². The average Bonchev–Trinajstić information content (AvgIpc) is 2.91. The van der Waals surface area contributed by atoms with Gasteiger partial charge in [0.25, 0.3) is 5.91 Å². The number of benzene rings is 1. The van der Waals surface area contributed by atoms with Crippen LogP contribution in [-0.2, 0) is 20.9 Å². The molecule has 0 bridgehead atoms. The smallest absolute Gasteiger partial charge is 0.254 e. The lowest BCUT2D eigenvalue weighted by molar-refractivity contribution is -0.139. The number of hydrogen-bond donors (Lipinski definition) is 1. The molecule has 0 unspecified atom stereocenters. The highest BCUT2D eigenvalue weighted by molar-refractivity contribution is 6.02. The van der Waals surface area contributed by atoms with Crippen LogP contribution >= 0.6 is 0 Å². The van der Waals surface area contributed by atoms with E-state index in [0.717, 1.165) is 5.56 Å². The molecule has 140 valence electrons. The fourth-order valence-electron chi connectivity index (χ4n) is 2.79. The maximum absolute atomic E-state index is 12.6. The molecule has 1 heterocycles. The van der Waals surface area contributed by atoms with Crippen LogP contribution in [0.1, 0.15) is 49.5 Å². The largest absolute Gasteiger partial charge is 0.352 e. The zero-order chi connectivity index (χ0) is 19.3. The maximum Gasteiger partial charge on any atom is 0.254 e. The number of nitrogens with one attached hydrogen (secondary N) is 1. The Hall–Kier alpha value is -2.70. The van der Waals surface area contributed by atoms with Crippen molar-refractivity contribution >= 4 is 23.6 Å². The Morgan fingerprint density at radius 2 is 1.69 bits per heavy atom. The van der Waals surface area contributed by atoms with Gasteiger partial charge in [0.15, 0.2) is 0 Å². The van der Waals surface area contributed by atoms with E-state index in [4.69, 9.17) is 0 Å². The summed E-state index contributed by atoms with van der Waals surface area (Å²) in [7, 11) is 0. The summed E-state index contributed by atoms with van der Waals surface area (Å²) in [6.45, 7) is 6.20. The molecule has 1 aliphatic heterocycles. The fraction of sp³-hybridized carbons (Fsp3) is 0.474. The predicted molar refractivity (Wildman–Crippen MR) is 96.1 cm³/mol. The molecule has 1 fully saturated rings. The van der Waals surface area contributed by atoms with Crippen molar-refractivity contribution in [2.45, 2.75) is 46.2 Å². The van der Waals surface area contributed by atoms with Gasteiger partial charge in [0.2, 0.25) is 17.7 Å². The van der Waals surface area contributed by atoms with Crippen LogP contribution in [0.5, 0.6) is 0 Å². The lowest BCUT2D eigenvalue weighted by Crippen LogP contribution is -2.42. The van der Waals surface area contributed by atoms with Gasteiger partial charge in [0, 0.05) is 31.0 Å². The van der Waals surface area contributed by atoms with Gasteiger partial charge in [-0.15, -0.1) is 0 Å². The summed E-state index contributed by atoms with van der Waals surface area (Å²) in [5.74, 6) is -0.754. The van der Waals surface area contributed by atoms with Gasteiger partial charge in [-0.1, -0.05) is 12.1 Å². The summed E-state index contributed by atoms with van der Waals surface area (Å²) in [4.78, 5) is 50.5. The second-order valence-electron chi connectivity index (χ2n) is 6.61. The molecule has 7 heteroatoms. The van der Waals surface area contributed by atoms with E-state index < -0.39 is 0 Å². The molecule has 1 aliphatic rings. The summed E-state index contributed by atoms with van der Waals surface area (Å²) in [6.07, 6.45) is 0.526. The van der Waals surface area contributed by atoms with Crippen molar-refractivity contribution in [3.05, 3.63) is 35.4 Å². The fourth-order valence-corrected chi connectivity index (χ4v) is 2.79. The van der Waals surface area contributed by atoms with Crippen LogP contribution in [0.4, 0.5) is 0 Å². The Labute approximate surface area is 153 Å². The molecule has 1 saturated heterocycles. The summed E-state index contributed by atoms with van der Waals surface area (Å²) < 4.78 is 0. The van der Waals surface area contributed by atoms with Crippen LogP contribution in [0, 0.1) is 0 Å². The molecule has 1 aromatic rings. The normalized spacial score (nSPS) is 14.1. The van der Waals surface area contributed by atoms with E-state index in [1.807, 2.05) is 20.8 Å². The third-order valence-electron chi connectivity index (χ3n) is 4.15.